The highest BCUT2D eigenvalue weighted by molar-refractivity contribution is 5.85. The molecule has 2 heteroatoms. The van der Waals surface area contributed by atoms with Crippen LogP contribution in [0.4, 0.5) is 0 Å². The first kappa shape index (κ1) is 13.5. The molecule has 0 aromatic carbocycles. The monoisotopic (exact) mass is 178 g/mol. The highest BCUT2D eigenvalue weighted by Crippen LogP contribution is 2.02. The zero-order valence-electron chi connectivity index (χ0n) is 7.56. The van der Waals surface area contributed by atoms with Crippen LogP contribution >= 0.6 is 12.4 Å². The quantitative estimate of drug-likeness (QED) is 0.610. The van der Waals surface area contributed by atoms with Gasteiger partial charge in [0.25, 0.3) is 0 Å². The van der Waals surface area contributed by atoms with Crippen molar-refractivity contribution in [2.24, 2.45) is 0 Å². The Bertz CT molecular complexity index is 81.6. The van der Waals surface area contributed by atoms with E-state index < -0.39 is 0 Å². The van der Waals surface area contributed by atoms with Crippen molar-refractivity contribution in [3.8, 4) is 0 Å². The molecular formula is C9H19ClO. The third-order valence-electron chi connectivity index (χ3n) is 1.62. The maximum atomic E-state index is 11.0. The van der Waals surface area contributed by atoms with Gasteiger partial charge in [-0.25, -0.2) is 0 Å². The molecule has 0 aliphatic rings. The van der Waals surface area contributed by atoms with E-state index in [-0.39, 0.29) is 12.4 Å². The second kappa shape index (κ2) is 9.96. The molecule has 0 heterocycles. The Balaban J connectivity index is 0. The summed E-state index contributed by atoms with van der Waals surface area (Å²) in [6.45, 7) is 4.24. The molecule has 0 amide bonds. The van der Waals surface area contributed by atoms with E-state index in [1.807, 2.05) is 0 Å². The molecule has 0 bridgehead atoms. The largest absolute Gasteiger partial charge is 0.300 e. The van der Waals surface area contributed by atoms with Crippen molar-refractivity contribution in [2.45, 2.75) is 52.4 Å². The van der Waals surface area contributed by atoms with Crippen LogP contribution in [0.15, 0.2) is 0 Å². The van der Waals surface area contributed by atoms with Gasteiger partial charge < -0.3 is 0 Å². The van der Waals surface area contributed by atoms with Gasteiger partial charge in [-0.3, -0.25) is 4.79 Å². The third kappa shape index (κ3) is 9.96. The average Bonchev–Trinajstić information content (AvgIpc) is 1.97. The average molecular weight is 179 g/mol. The van der Waals surface area contributed by atoms with Gasteiger partial charge in [-0.15, -0.1) is 12.4 Å². The first-order valence-corrected chi connectivity index (χ1v) is 4.33. The molecule has 0 saturated heterocycles. The second-order valence-corrected chi connectivity index (χ2v) is 2.75. The van der Waals surface area contributed by atoms with Crippen LogP contribution in [0, 0.1) is 0 Å². The van der Waals surface area contributed by atoms with Crippen LogP contribution in [0.1, 0.15) is 52.4 Å². The maximum Gasteiger partial charge on any atom is 0.132 e. The summed E-state index contributed by atoms with van der Waals surface area (Å²) in [5.41, 5.74) is 0. The van der Waals surface area contributed by atoms with Crippen LogP contribution in [0.25, 0.3) is 0 Å². The van der Waals surface area contributed by atoms with E-state index in [1.165, 1.54) is 0 Å². The van der Waals surface area contributed by atoms with Crippen LogP contribution in [0.3, 0.4) is 0 Å². The number of rotatable bonds is 6. The van der Waals surface area contributed by atoms with Crippen LogP contribution in [0.5, 0.6) is 0 Å². The summed E-state index contributed by atoms with van der Waals surface area (Å²) in [5, 5.41) is 0. The topological polar surface area (TPSA) is 17.1 Å². The van der Waals surface area contributed by atoms with Crippen LogP contribution in [-0.4, -0.2) is 5.78 Å². The molecule has 0 atom stereocenters. The molecule has 0 saturated carbocycles. The van der Waals surface area contributed by atoms with Crippen molar-refractivity contribution >= 4 is 18.2 Å². The summed E-state index contributed by atoms with van der Waals surface area (Å²) < 4.78 is 0. The normalized spacial score (nSPS) is 8.91. The number of carbonyl (C=O) groups excluding carboxylic acids is 1. The fraction of sp³-hybridized carbons (Fsp3) is 0.889. The molecule has 0 aromatic rings. The van der Waals surface area contributed by atoms with E-state index in [0.717, 1.165) is 38.5 Å². The Morgan fingerprint density at radius 3 is 1.64 bits per heavy atom. The Morgan fingerprint density at radius 1 is 1.00 bits per heavy atom. The fourth-order valence-corrected chi connectivity index (χ4v) is 0.873. The van der Waals surface area contributed by atoms with Crippen molar-refractivity contribution in [2.75, 3.05) is 0 Å². The van der Waals surface area contributed by atoms with E-state index in [1.54, 1.807) is 0 Å². The van der Waals surface area contributed by atoms with Gasteiger partial charge >= 0.3 is 0 Å². The standard InChI is InChI=1S/C9H18O.ClH/c1-3-5-7-9(10)8-6-4-2;/h3-8H2,1-2H3;1H. The fourth-order valence-electron chi connectivity index (χ4n) is 0.873. The molecule has 0 radical (unpaired) electrons. The molecule has 0 N–H and O–H groups in total. The van der Waals surface area contributed by atoms with Gasteiger partial charge in [0.1, 0.15) is 5.78 Å². The summed E-state index contributed by atoms with van der Waals surface area (Å²) >= 11 is 0. The number of unbranched alkanes of at least 4 members (excludes halogenated alkanes) is 2. The summed E-state index contributed by atoms with van der Waals surface area (Å²) in [5.74, 6) is 0.448. The van der Waals surface area contributed by atoms with Gasteiger partial charge in [0.05, 0.1) is 0 Å². The first-order chi connectivity index (χ1) is 4.81. The van der Waals surface area contributed by atoms with E-state index in [2.05, 4.69) is 13.8 Å². The number of ketones is 1. The summed E-state index contributed by atoms with van der Waals surface area (Å²) in [6, 6.07) is 0. The molecule has 0 spiro atoms. The number of carbonyl (C=O) groups is 1. The van der Waals surface area contributed by atoms with E-state index in [9.17, 15) is 4.79 Å². The van der Waals surface area contributed by atoms with Crippen LogP contribution in [0.2, 0.25) is 0 Å². The van der Waals surface area contributed by atoms with Crippen molar-refractivity contribution < 1.29 is 4.79 Å². The molecule has 0 unspecified atom stereocenters. The van der Waals surface area contributed by atoms with Gasteiger partial charge in [0, 0.05) is 12.8 Å². The lowest BCUT2D eigenvalue weighted by Gasteiger charge is -1.96. The lowest BCUT2D eigenvalue weighted by Crippen LogP contribution is -1.96. The van der Waals surface area contributed by atoms with Gasteiger partial charge in [-0.05, 0) is 12.8 Å². The summed E-state index contributed by atoms with van der Waals surface area (Å²) in [4.78, 5) is 11.0. The van der Waals surface area contributed by atoms with Crippen molar-refractivity contribution in [1.82, 2.24) is 0 Å². The van der Waals surface area contributed by atoms with Gasteiger partial charge in [-0.2, -0.15) is 0 Å². The number of hydrogen-bond acceptors (Lipinski definition) is 1. The molecule has 0 aliphatic carbocycles. The Kier molecular flexibility index (Phi) is 12.3. The van der Waals surface area contributed by atoms with Crippen molar-refractivity contribution in [3.63, 3.8) is 0 Å². The molecule has 11 heavy (non-hydrogen) atoms. The molecule has 1 nitrogen and oxygen atoms in total. The minimum Gasteiger partial charge on any atom is -0.300 e. The minimum absolute atomic E-state index is 0. The highest BCUT2D eigenvalue weighted by Gasteiger charge is 1.98. The summed E-state index contributed by atoms with van der Waals surface area (Å²) in [7, 11) is 0. The van der Waals surface area contributed by atoms with Gasteiger partial charge in [0.2, 0.25) is 0 Å². The number of hydrogen-bond donors (Lipinski definition) is 0. The van der Waals surface area contributed by atoms with Crippen molar-refractivity contribution in [3.05, 3.63) is 0 Å². The molecule has 0 aliphatic heterocycles. The van der Waals surface area contributed by atoms with Crippen LogP contribution < -0.4 is 0 Å². The molecule has 0 fully saturated rings. The van der Waals surface area contributed by atoms with Crippen molar-refractivity contribution in [1.29, 1.82) is 0 Å². The minimum atomic E-state index is 0. The first-order valence-electron chi connectivity index (χ1n) is 4.33. The number of Topliss-reactive ketones (excluding diaryl/α,β-unsaturated/α-hetero) is 1. The highest BCUT2D eigenvalue weighted by atomic mass is 35.5. The third-order valence-corrected chi connectivity index (χ3v) is 1.62. The molecular weight excluding hydrogens is 160 g/mol. The van der Waals surface area contributed by atoms with Gasteiger partial charge in [-0.1, -0.05) is 26.7 Å². The maximum absolute atomic E-state index is 11.0. The van der Waals surface area contributed by atoms with Crippen LogP contribution in [-0.2, 0) is 4.79 Å². The second-order valence-electron chi connectivity index (χ2n) is 2.75. The zero-order valence-corrected chi connectivity index (χ0v) is 8.38. The molecule has 0 aromatic heterocycles. The van der Waals surface area contributed by atoms with E-state index in [0.29, 0.717) is 5.78 Å². The lowest BCUT2D eigenvalue weighted by molar-refractivity contribution is -0.119. The number of halogens is 1. The molecule has 0 rings (SSSR count). The van der Waals surface area contributed by atoms with E-state index in [4.69, 9.17) is 0 Å². The molecule has 68 valence electrons. The lowest BCUT2D eigenvalue weighted by atomic mass is 10.1. The Labute approximate surface area is 76.0 Å². The smallest absolute Gasteiger partial charge is 0.132 e. The summed E-state index contributed by atoms with van der Waals surface area (Å²) in [6.07, 6.45) is 6.02. The predicted octanol–water partition coefficient (Wildman–Crippen LogP) is 3.36. The Hall–Kier alpha value is -0.0400. The Morgan fingerprint density at radius 2 is 1.36 bits per heavy atom. The van der Waals surface area contributed by atoms with E-state index >= 15 is 0 Å². The zero-order chi connectivity index (χ0) is 7.82. The SMILES string of the molecule is CCCCC(=O)CCCC.Cl. The predicted molar refractivity (Wildman–Crippen MR) is 51.3 cm³/mol. The van der Waals surface area contributed by atoms with Gasteiger partial charge in [0.15, 0.2) is 0 Å².